The molecule has 0 saturated heterocycles. The summed E-state index contributed by atoms with van der Waals surface area (Å²) in [7, 11) is -3.83. The monoisotopic (exact) mass is 371 g/mol. The highest BCUT2D eigenvalue weighted by atomic mass is 79.9. The van der Waals surface area contributed by atoms with Crippen molar-refractivity contribution in [3.63, 3.8) is 0 Å². The lowest BCUT2D eigenvalue weighted by molar-refractivity contribution is 0.586. The number of hydrogen-bond acceptors (Lipinski definition) is 2. The van der Waals surface area contributed by atoms with Crippen LogP contribution in [0.15, 0.2) is 51.8 Å². The molecule has 0 radical (unpaired) electrons. The van der Waals surface area contributed by atoms with Crippen molar-refractivity contribution < 1.29 is 12.8 Å². The smallest absolute Gasteiger partial charge is 0.264 e. The Balaban J connectivity index is 2.58. The summed E-state index contributed by atoms with van der Waals surface area (Å²) in [5.41, 5.74) is 0.988. The van der Waals surface area contributed by atoms with Crippen LogP contribution in [0, 0.1) is 12.7 Å². The number of para-hydroxylation sites is 1. The summed E-state index contributed by atoms with van der Waals surface area (Å²) in [6, 6.07) is 10.8. The van der Waals surface area contributed by atoms with Crippen molar-refractivity contribution in [1.82, 2.24) is 0 Å². The fraction of sp³-hybridized carbons (Fsp3) is 0.200. The van der Waals surface area contributed by atoms with Crippen molar-refractivity contribution in [1.29, 1.82) is 0 Å². The molecule has 2 aromatic carbocycles. The third-order valence-electron chi connectivity index (χ3n) is 3.06. The van der Waals surface area contributed by atoms with Crippen molar-refractivity contribution >= 4 is 31.6 Å². The summed E-state index contributed by atoms with van der Waals surface area (Å²) in [5.74, 6) is -0.564. The van der Waals surface area contributed by atoms with Gasteiger partial charge in [-0.2, -0.15) is 0 Å². The van der Waals surface area contributed by atoms with Crippen LogP contribution in [0.25, 0.3) is 0 Å². The Morgan fingerprint density at radius 3 is 2.43 bits per heavy atom. The number of anilines is 1. The quantitative estimate of drug-likeness (QED) is 0.810. The molecule has 3 nitrogen and oxygen atoms in total. The molecule has 6 heteroatoms. The highest BCUT2D eigenvalue weighted by Crippen LogP contribution is 2.30. The van der Waals surface area contributed by atoms with E-state index >= 15 is 0 Å². The van der Waals surface area contributed by atoms with Crippen LogP contribution in [0.2, 0.25) is 0 Å². The Morgan fingerprint density at radius 2 is 1.86 bits per heavy atom. The van der Waals surface area contributed by atoms with Gasteiger partial charge in [-0.25, -0.2) is 12.8 Å². The van der Waals surface area contributed by atoms with Crippen molar-refractivity contribution in [2.45, 2.75) is 18.7 Å². The van der Waals surface area contributed by atoms with Gasteiger partial charge in [0.2, 0.25) is 0 Å². The number of halogens is 2. The molecular weight excluding hydrogens is 357 g/mol. The standard InChI is InChI=1S/C15H15BrFNO2S/c1-3-18(14-7-5-4-6-13(14)17)21(19,20)15-9-8-11(2)10-12(15)16/h4-10H,3H2,1-2H3. The maximum Gasteiger partial charge on any atom is 0.265 e. The topological polar surface area (TPSA) is 37.4 Å². The van der Waals surface area contributed by atoms with Crippen LogP contribution in [0.4, 0.5) is 10.1 Å². The Morgan fingerprint density at radius 1 is 1.19 bits per heavy atom. The summed E-state index contributed by atoms with van der Waals surface area (Å²) >= 11 is 3.27. The van der Waals surface area contributed by atoms with Gasteiger partial charge in [-0.15, -0.1) is 0 Å². The van der Waals surface area contributed by atoms with E-state index in [1.165, 1.54) is 24.3 Å². The number of hydrogen-bond donors (Lipinski definition) is 0. The van der Waals surface area contributed by atoms with Crippen molar-refractivity contribution in [3.8, 4) is 0 Å². The first-order valence-corrected chi connectivity index (χ1v) is 8.64. The second kappa shape index (κ2) is 6.15. The minimum Gasteiger partial charge on any atom is -0.264 e. The van der Waals surface area contributed by atoms with Gasteiger partial charge in [-0.3, -0.25) is 4.31 Å². The van der Waals surface area contributed by atoms with Gasteiger partial charge in [0.1, 0.15) is 10.7 Å². The molecule has 2 aromatic rings. The van der Waals surface area contributed by atoms with Crippen molar-refractivity contribution in [2.75, 3.05) is 10.8 Å². The normalized spacial score (nSPS) is 11.4. The maximum absolute atomic E-state index is 13.9. The summed E-state index contributed by atoms with van der Waals surface area (Å²) in [5, 5.41) is 0. The van der Waals surface area contributed by atoms with Gasteiger partial charge in [0.25, 0.3) is 10.0 Å². The summed E-state index contributed by atoms with van der Waals surface area (Å²) in [6.45, 7) is 3.69. The van der Waals surface area contributed by atoms with Crippen molar-refractivity contribution in [3.05, 3.63) is 58.3 Å². The predicted octanol–water partition coefficient (Wildman–Crippen LogP) is 4.11. The molecule has 0 unspecified atom stereocenters. The van der Waals surface area contributed by atoms with Crippen LogP contribution in [0.1, 0.15) is 12.5 Å². The van der Waals surface area contributed by atoms with E-state index in [0.717, 1.165) is 9.87 Å². The molecule has 2 rings (SSSR count). The van der Waals surface area contributed by atoms with Gasteiger partial charge >= 0.3 is 0 Å². The number of benzene rings is 2. The molecule has 0 bridgehead atoms. The van der Waals surface area contributed by atoms with E-state index in [4.69, 9.17) is 0 Å². The molecule has 0 aliphatic heterocycles. The summed E-state index contributed by atoms with van der Waals surface area (Å²) in [4.78, 5) is 0.123. The molecule has 0 atom stereocenters. The molecule has 112 valence electrons. The molecule has 0 aromatic heterocycles. The van der Waals surface area contributed by atoms with Gasteiger partial charge in [-0.05, 0) is 59.6 Å². The van der Waals surface area contributed by atoms with Gasteiger partial charge in [-0.1, -0.05) is 18.2 Å². The Labute approximate surface area is 132 Å². The van der Waals surface area contributed by atoms with Crippen LogP contribution >= 0.6 is 15.9 Å². The second-order valence-corrected chi connectivity index (χ2v) is 7.24. The average Bonchev–Trinajstić information content (AvgIpc) is 2.41. The minimum absolute atomic E-state index is 0.0486. The summed E-state index contributed by atoms with van der Waals surface area (Å²) in [6.07, 6.45) is 0. The molecule has 0 aliphatic rings. The van der Waals surface area contributed by atoms with Crippen LogP contribution in [0.5, 0.6) is 0 Å². The first-order valence-electron chi connectivity index (χ1n) is 6.41. The molecule has 0 saturated carbocycles. The maximum atomic E-state index is 13.9. The third kappa shape index (κ3) is 3.11. The van der Waals surface area contributed by atoms with E-state index in [-0.39, 0.29) is 17.1 Å². The number of nitrogens with zero attached hydrogens (tertiary/aromatic N) is 1. The molecule has 0 aliphatic carbocycles. The first-order chi connectivity index (χ1) is 9.87. The number of aryl methyl sites for hydroxylation is 1. The zero-order valence-corrected chi connectivity index (χ0v) is 14.1. The van der Waals surface area contributed by atoms with E-state index in [2.05, 4.69) is 15.9 Å². The Hall–Kier alpha value is -1.40. The fourth-order valence-corrected chi connectivity index (χ4v) is 4.69. The minimum atomic E-state index is -3.83. The fourth-order valence-electron chi connectivity index (χ4n) is 2.06. The lowest BCUT2D eigenvalue weighted by Crippen LogP contribution is -2.31. The molecule has 0 N–H and O–H groups in total. The van der Waals surface area contributed by atoms with E-state index < -0.39 is 15.8 Å². The lowest BCUT2D eigenvalue weighted by atomic mass is 10.2. The Kier molecular flexibility index (Phi) is 4.68. The molecule has 0 amide bonds. The molecular formula is C15H15BrFNO2S. The Bertz CT molecular complexity index is 762. The van der Waals surface area contributed by atoms with Gasteiger partial charge in [0.05, 0.1) is 5.69 Å². The molecule has 0 fully saturated rings. The van der Waals surface area contributed by atoms with Crippen LogP contribution in [-0.4, -0.2) is 15.0 Å². The van der Waals surface area contributed by atoms with E-state index in [1.807, 2.05) is 6.92 Å². The lowest BCUT2D eigenvalue weighted by Gasteiger charge is -2.24. The van der Waals surface area contributed by atoms with Crippen LogP contribution in [-0.2, 0) is 10.0 Å². The largest absolute Gasteiger partial charge is 0.265 e. The predicted molar refractivity (Wildman–Crippen MR) is 85.5 cm³/mol. The highest BCUT2D eigenvalue weighted by molar-refractivity contribution is 9.10. The van der Waals surface area contributed by atoms with E-state index in [9.17, 15) is 12.8 Å². The third-order valence-corrected chi connectivity index (χ3v) is 5.93. The zero-order chi connectivity index (χ0) is 15.6. The highest BCUT2D eigenvalue weighted by Gasteiger charge is 2.27. The first kappa shape index (κ1) is 16.0. The van der Waals surface area contributed by atoms with Gasteiger partial charge in [0.15, 0.2) is 0 Å². The molecule has 0 spiro atoms. The number of rotatable bonds is 4. The average molecular weight is 372 g/mol. The van der Waals surface area contributed by atoms with Crippen LogP contribution in [0.3, 0.4) is 0 Å². The van der Waals surface area contributed by atoms with Crippen LogP contribution < -0.4 is 4.31 Å². The summed E-state index contributed by atoms with van der Waals surface area (Å²) < 4.78 is 41.0. The molecule has 0 heterocycles. The van der Waals surface area contributed by atoms with E-state index in [0.29, 0.717) is 4.47 Å². The molecule has 21 heavy (non-hydrogen) atoms. The van der Waals surface area contributed by atoms with Gasteiger partial charge in [0, 0.05) is 11.0 Å². The van der Waals surface area contributed by atoms with Gasteiger partial charge < -0.3 is 0 Å². The second-order valence-electron chi connectivity index (χ2n) is 4.56. The van der Waals surface area contributed by atoms with E-state index in [1.54, 1.807) is 25.1 Å². The zero-order valence-electron chi connectivity index (χ0n) is 11.7. The number of sulfonamides is 1. The SMILES string of the molecule is CCN(c1ccccc1F)S(=O)(=O)c1ccc(C)cc1Br. The van der Waals surface area contributed by atoms with Crippen molar-refractivity contribution in [2.24, 2.45) is 0 Å².